The van der Waals surface area contributed by atoms with Gasteiger partial charge in [0.05, 0.1) is 25.4 Å². The largest absolute Gasteiger partial charge is 0.481 e. The van der Waals surface area contributed by atoms with Crippen LogP contribution in [0.5, 0.6) is 0 Å². The summed E-state index contributed by atoms with van der Waals surface area (Å²) in [6.07, 6.45) is 28.1. The molecule has 8 N–H and O–H groups in total. The number of ether oxygens (including phenoxy) is 3. The summed E-state index contributed by atoms with van der Waals surface area (Å²) in [7, 11) is -11.0. The van der Waals surface area contributed by atoms with Crippen LogP contribution in [-0.4, -0.2) is 108 Å². The third-order valence-electron chi connectivity index (χ3n) is 11.6. The third-order valence-corrected chi connectivity index (χ3v) is 14.2. The molecule has 72 heavy (non-hydrogen) atoms. The first-order chi connectivity index (χ1) is 34.5. The predicted octanol–water partition coefficient (Wildman–Crippen LogP) is 8.50. The summed E-state index contributed by atoms with van der Waals surface area (Å²) in [6.45, 7) is 1.87. The maximum absolute atomic E-state index is 12.9. The number of nitrogen functional groups attached to an aromatic ring is 1. The summed E-state index contributed by atoms with van der Waals surface area (Å²) >= 11 is 0. The van der Waals surface area contributed by atoms with Crippen LogP contribution in [0.3, 0.4) is 0 Å². The zero-order valence-corrected chi connectivity index (χ0v) is 44.2. The lowest BCUT2D eigenvalue weighted by Gasteiger charge is -2.21. The molecule has 1 fully saturated rings. The van der Waals surface area contributed by atoms with Crippen LogP contribution in [0.4, 0.5) is 5.82 Å². The summed E-state index contributed by atoms with van der Waals surface area (Å²) in [5.74, 6) is -1.55. The topological polar surface area (TPSA) is 306 Å². The van der Waals surface area contributed by atoms with Crippen molar-refractivity contribution < 1.29 is 76.5 Å². The Hall–Kier alpha value is -3.36. The molecule has 1 saturated heterocycles. The number of aliphatic hydroxyl groups is 4. The molecule has 1 aromatic heterocycles. The molecule has 0 saturated carbocycles. The molecule has 0 aromatic carbocycles. The minimum Gasteiger partial charge on any atom is -0.462 e. The summed E-state index contributed by atoms with van der Waals surface area (Å²) in [4.78, 5) is 61.9. The van der Waals surface area contributed by atoms with Gasteiger partial charge >= 0.3 is 33.3 Å². The van der Waals surface area contributed by atoms with Gasteiger partial charge < -0.3 is 50.2 Å². The number of unbranched alkanes of at least 4 members (excludes halogenated alkanes) is 17. The van der Waals surface area contributed by atoms with Gasteiger partial charge in [-0.05, 0) is 44.6 Å². The second-order valence-electron chi connectivity index (χ2n) is 18.1. The summed E-state index contributed by atoms with van der Waals surface area (Å²) in [5, 5.41) is 41.4. The first-order valence-electron chi connectivity index (χ1n) is 25.9. The van der Waals surface area contributed by atoms with Crippen molar-refractivity contribution in [3.05, 3.63) is 71.4 Å². The molecule has 2 heterocycles. The van der Waals surface area contributed by atoms with E-state index >= 15 is 0 Å². The van der Waals surface area contributed by atoms with Gasteiger partial charge in [0.25, 0.3) is 0 Å². The Morgan fingerprint density at radius 1 is 0.736 bits per heavy atom. The molecular formula is C50H85N3O17P2. The van der Waals surface area contributed by atoms with Crippen LogP contribution in [0.25, 0.3) is 0 Å². The van der Waals surface area contributed by atoms with Crippen molar-refractivity contribution in [2.75, 3.05) is 25.6 Å². The van der Waals surface area contributed by atoms with Crippen molar-refractivity contribution in [2.45, 2.75) is 211 Å². The SMILES string of the molecule is CCCCC/C=C\C[C@H](O)/C=C/C=C/C=C\[C@H](O)CCCC(=O)O[C@H](COC(=O)CCCCCCCCCCCCCCCCC)COP(=O)(O)OP(=O)(O)OC[C@H]1O[C@@H](n2ccc(N)nc2=O)[C@H](O)[C@@H]1O. The van der Waals surface area contributed by atoms with E-state index in [0.717, 1.165) is 55.7 Å². The molecule has 20 nitrogen and oxygen atoms in total. The van der Waals surface area contributed by atoms with Crippen molar-refractivity contribution in [3.8, 4) is 0 Å². The second-order valence-corrected chi connectivity index (χ2v) is 21.1. The van der Waals surface area contributed by atoms with Crippen molar-refractivity contribution in [3.63, 3.8) is 0 Å². The van der Waals surface area contributed by atoms with Gasteiger partial charge in [-0.2, -0.15) is 9.29 Å². The fourth-order valence-corrected chi connectivity index (χ4v) is 9.62. The van der Waals surface area contributed by atoms with Crippen molar-refractivity contribution in [1.82, 2.24) is 9.55 Å². The fraction of sp³-hybridized carbons (Fsp3) is 0.720. The number of carbonyl (C=O) groups is 2. The number of carbonyl (C=O) groups excluding carboxylic acids is 2. The maximum Gasteiger partial charge on any atom is 0.481 e. The highest BCUT2D eigenvalue weighted by Crippen LogP contribution is 2.60. The fourth-order valence-electron chi connectivity index (χ4n) is 7.51. The first-order valence-corrected chi connectivity index (χ1v) is 28.9. The van der Waals surface area contributed by atoms with Crippen LogP contribution in [0, 0.1) is 0 Å². The number of anilines is 1. The van der Waals surface area contributed by atoms with Crippen LogP contribution in [0.1, 0.15) is 174 Å². The lowest BCUT2D eigenvalue weighted by Crippen LogP contribution is -2.36. The van der Waals surface area contributed by atoms with Gasteiger partial charge in [-0.1, -0.05) is 165 Å². The Kier molecular flexibility index (Phi) is 34.4. The quantitative estimate of drug-likeness (QED) is 0.0106. The molecule has 0 aliphatic carbocycles. The number of allylic oxidation sites excluding steroid dienone is 5. The molecule has 0 spiro atoms. The van der Waals surface area contributed by atoms with Gasteiger partial charge in [0.1, 0.15) is 30.7 Å². The van der Waals surface area contributed by atoms with E-state index in [1.54, 1.807) is 30.4 Å². The normalized spacial score (nSPS) is 20.3. The molecule has 2 unspecified atom stereocenters. The molecular weight excluding hydrogens is 977 g/mol. The van der Waals surface area contributed by atoms with E-state index in [1.807, 2.05) is 6.08 Å². The molecule has 9 atom stereocenters. The lowest BCUT2D eigenvalue weighted by molar-refractivity contribution is -0.161. The second kappa shape index (κ2) is 38.2. The van der Waals surface area contributed by atoms with Crippen LogP contribution >= 0.6 is 15.6 Å². The van der Waals surface area contributed by atoms with E-state index in [-0.39, 0.29) is 31.5 Å². The van der Waals surface area contributed by atoms with E-state index in [2.05, 4.69) is 29.2 Å². The molecule has 22 heteroatoms. The molecule has 0 amide bonds. The Morgan fingerprint density at radius 3 is 1.90 bits per heavy atom. The van der Waals surface area contributed by atoms with Crippen molar-refractivity contribution in [1.29, 1.82) is 0 Å². The molecule has 1 aliphatic rings. The minimum absolute atomic E-state index is 0.0763. The predicted molar refractivity (Wildman–Crippen MR) is 273 cm³/mol. The highest BCUT2D eigenvalue weighted by molar-refractivity contribution is 7.61. The summed E-state index contributed by atoms with van der Waals surface area (Å²) in [5.41, 5.74) is 4.56. The van der Waals surface area contributed by atoms with Crippen molar-refractivity contribution >= 4 is 33.4 Å². The Balaban J connectivity index is 1.87. The summed E-state index contributed by atoms with van der Waals surface area (Å²) in [6, 6.07) is 1.23. The van der Waals surface area contributed by atoms with Crippen LogP contribution < -0.4 is 11.4 Å². The Morgan fingerprint density at radius 2 is 1.29 bits per heavy atom. The molecule has 0 radical (unpaired) electrons. The van der Waals surface area contributed by atoms with Crippen LogP contribution in [-0.2, 0) is 46.3 Å². The van der Waals surface area contributed by atoms with Crippen LogP contribution in [0.2, 0.25) is 0 Å². The Bertz CT molecular complexity index is 1930. The van der Waals surface area contributed by atoms with E-state index in [9.17, 15) is 53.7 Å². The van der Waals surface area contributed by atoms with Gasteiger partial charge in [0, 0.05) is 19.0 Å². The first kappa shape index (κ1) is 64.8. The van der Waals surface area contributed by atoms with Crippen molar-refractivity contribution in [2.24, 2.45) is 0 Å². The van der Waals surface area contributed by atoms with Gasteiger partial charge in [-0.3, -0.25) is 23.2 Å². The highest BCUT2D eigenvalue weighted by Gasteiger charge is 2.46. The molecule has 412 valence electrons. The number of hydrogen-bond donors (Lipinski definition) is 7. The third kappa shape index (κ3) is 30.7. The minimum atomic E-state index is -5.49. The standard InChI is InChI=1S/C50H85N3O17P2/c1-3-5-7-9-11-12-13-14-15-16-17-18-19-21-27-33-45(56)65-37-42(68-46(57)34-28-32-41(55)31-26-23-22-25-30-40(54)29-24-20-10-8-6-4-2)38-66-71(61,62)70-72(63,64)67-39-43-47(58)48(59)49(69-43)53-36-35-44(51)52-50(53)60/h20,22-26,30-31,35-36,40-43,47-49,54-55,58-59H,3-19,21,27-29,32-34,37-39H2,1-2H3,(H,61,62)(H,63,64)(H2,51,52,60)/b23-22+,24-20-,30-25+,31-26-/t40-,41-,42+,43+,47+,48+,49+/m0/s1. The number of nitrogens with two attached hydrogens (primary N) is 1. The number of esters is 2. The monoisotopic (exact) mass is 1060 g/mol. The van der Waals surface area contributed by atoms with E-state index in [0.29, 0.717) is 12.8 Å². The van der Waals surface area contributed by atoms with E-state index in [4.69, 9.17) is 29.0 Å². The number of aromatic nitrogens is 2. The number of nitrogens with zero attached hydrogens (tertiary/aromatic N) is 2. The zero-order valence-electron chi connectivity index (χ0n) is 42.4. The molecule has 0 bridgehead atoms. The van der Waals surface area contributed by atoms with Crippen LogP contribution in [0.15, 0.2) is 65.7 Å². The number of phosphoric ester groups is 2. The molecule has 2 rings (SSSR count). The average molecular weight is 1060 g/mol. The average Bonchev–Trinajstić information content (AvgIpc) is 3.61. The lowest BCUT2D eigenvalue weighted by atomic mass is 10.0. The molecule has 1 aromatic rings. The van der Waals surface area contributed by atoms with E-state index < -0.39 is 95.9 Å². The Labute approximate surface area is 425 Å². The zero-order chi connectivity index (χ0) is 53.0. The maximum atomic E-state index is 12.9. The molecule has 1 aliphatic heterocycles. The summed E-state index contributed by atoms with van der Waals surface area (Å²) < 4.78 is 56.6. The number of hydrogen-bond acceptors (Lipinski definition) is 17. The van der Waals surface area contributed by atoms with Gasteiger partial charge in [0.2, 0.25) is 0 Å². The smallest absolute Gasteiger partial charge is 0.462 e. The number of phosphoric acid groups is 2. The van der Waals surface area contributed by atoms with Gasteiger partial charge in [-0.25, -0.2) is 13.9 Å². The number of rotatable bonds is 42. The van der Waals surface area contributed by atoms with E-state index in [1.165, 1.54) is 82.8 Å². The van der Waals surface area contributed by atoms with Gasteiger partial charge in [0.15, 0.2) is 12.3 Å². The highest BCUT2D eigenvalue weighted by atomic mass is 31.3. The number of aliphatic hydroxyl groups excluding tert-OH is 4. The van der Waals surface area contributed by atoms with Gasteiger partial charge in [-0.15, -0.1) is 0 Å².